The highest BCUT2D eigenvalue weighted by molar-refractivity contribution is 8.02. The van der Waals surface area contributed by atoms with Gasteiger partial charge in [-0.25, -0.2) is 9.52 Å². The van der Waals surface area contributed by atoms with E-state index in [0.717, 1.165) is 25.0 Å². The van der Waals surface area contributed by atoms with E-state index in [-0.39, 0.29) is 17.7 Å². The van der Waals surface area contributed by atoms with E-state index < -0.39 is 12.1 Å². The minimum absolute atomic E-state index is 0.117. The van der Waals surface area contributed by atoms with Gasteiger partial charge < -0.3 is 10.2 Å². The van der Waals surface area contributed by atoms with Crippen LogP contribution in [0.1, 0.15) is 27.7 Å². The van der Waals surface area contributed by atoms with Crippen LogP contribution in [0.25, 0.3) is 0 Å². The lowest BCUT2D eigenvalue weighted by Gasteiger charge is -2.37. The molecule has 0 aromatic carbocycles. The highest BCUT2D eigenvalue weighted by Crippen LogP contribution is 2.32. The van der Waals surface area contributed by atoms with Crippen LogP contribution in [0.5, 0.6) is 0 Å². The summed E-state index contributed by atoms with van der Waals surface area (Å²) in [6.07, 6.45) is 0. The van der Waals surface area contributed by atoms with Crippen LogP contribution >= 0.6 is 11.9 Å². The molecule has 3 heterocycles. The summed E-state index contributed by atoms with van der Waals surface area (Å²) in [7, 11) is 0. The van der Waals surface area contributed by atoms with Gasteiger partial charge in [-0.05, 0) is 31.7 Å². The molecule has 2 fully saturated rings. The molecule has 4 amide bonds. The van der Waals surface area contributed by atoms with Gasteiger partial charge in [0.25, 0.3) is 11.8 Å². The first-order valence-electron chi connectivity index (χ1n) is 9.11. The van der Waals surface area contributed by atoms with Crippen molar-refractivity contribution in [3.05, 3.63) is 10.6 Å². The first-order valence-corrected chi connectivity index (χ1v) is 9.93. The lowest BCUT2D eigenvalue weighted by atomic mass is 10.1. The van der Waals surface area contributed by atoms with Crippen molar-refractivity contribution in [1.29, 1.82) is 0 Å². The van der Waals surface area contributed by atoms with Crippen LogP contribution in [0.3, 0.4) is 0 Å². The first kappa shape index (κ1) is 19.2. The average molecular weight is 382 g/mol. The Morgan fingerprint density at radius 1 is 1.15 bits per heavy atom. The number of hydrogen-bond donors (Lipinski definition) is 2. The monoisotopic (exact) mass is 381 g/mol. The van der Waals surface area contributed by atoms with E-state index in [4.69, 9.17) is 0 Å². The van der Waals surface area contributed by atoms with Crippen LogP contribution in [-0.4, -0.2) is 77.4 Å². The fraction of sp³-hybridized carbons (Fsp3) is 0.706. The fourth-order valence-corrected chi connectivity index (χ4v) is 4.34. The van der Waals surface area contributed by atoms with E-state index in [9.17, 15) is 14.4 Å². The van der Waals surface area contributed by atoms with Gasteiger partial charge in [-0.3, -0.25) is 19.4 Å². The second-order valence-electron chi connectivity index (χ2n) is 7.59. The van der Waals surface area contributed by atoms with Crippen molar-refractivity contribution in [3.63, 3.8) is 0 Å². The second-order valence-corrected chi connectivity index (χ2v) is 8.44. The molecule has 0 saturated carbocycles. The highest BCUT2D eigenvalue weighted by atomic mass is 32.2. The molecular formula is C17H27N5O3S. The van der Waals surface area contributed by atoms with E-state index in [1.54, 1.807) is 4.90 Å². The molecular weight excluding hydrogens is 354 g/mol. The quantitative estimate of drug-likeness (QED) is 0.693. The normalized spacial score (nSPS) is 24.6. The SMILES string of the molecule is CC(C)CN1C(=O)NC2=C(C(=O)N3CCN(C(C)C)CC3)SNC2C1=O. The van der Waals surface area contributed by atoms with Gasteiger partial charge in [0.1, 0.15) is 10.9 Å². The van der Waals surface area contributed by atoms with Gasteiger partial charge in [-0.2, -0.15) is 0 Å². The number of rotatable bonds is 4. The number of piperazine rings is 1. The van der Waals surface area contributed by atoms with E-state index in [1.807, 2.05) is 13.8 Å². The maximum atomic E-state index is 12.9. The molecule has 3 aliphatic rings. The molecule has 3 rings (SSSR count). The van der Waals surface area contributed by atoms with Crippen LogP contribution in [-0.2, 0) is 9.59 Å². The Balaban J connectivity index is 1.73. The lowest BCUT2D eigenvalue weighted by molar-refractivity contribution is -0.130. The van der Waals surface area contributed by atoms with E-state index in [1.165, 1.54) is 4.90 Å². The molecule has 9 heteroatoms. The van der Waals surface area contributed by atoms with Gasteiger partial charge >= 0.3 is 6.03 Å². The molecule has 1 unspecified atom stereocenters. The molecule has 0 aromatic heterocycles. The highest BCUT2D eigenvalue weighted by Gasteiger charge is 2.45. The summed E-state index contributed by atoms with van der Waals surface area (Å²) in [5, 5.41) is 2.77. The third kappa shape index (κ3) is 3.60. The number of fused-ring (bicyclic) bond motifs is 1. The molecule has 1 atom stereocenters. The molecule has 26 heavy (non-hydrogen) atoms. The summed E-state index contributed by atoms with van der Waals surface area (Å²) < 4.78 is 3.01. The van der Waals surface area contributed by atoms with E-state index in [0.29, 0.717) is 36.3 Å². The van der Waals surface area contributed by atoms with Crippen LogP contribution < -0.4 is 10.0 Å². The molecule has 8 nitrogen and oxygen atoms in total. The van der Waals surface area contributed by atoms with Crippen molar-refractivity contribution < 1.29 is 14.4 Å². The maximum Gasteiger partial charge on any atom is 0.328 e. The van der Waals surface area contributed by atoms with Crippen molar-refractivity contribution in [2.24, 2.45) is 5.92 Å². The molecule has 2 saturated heterocycles. The summed E-state index contributed by atoms with van der Waals surface area (Å²) in [6.45, 7) is 11.5. The Kier molecular flexibility index (Phi) is 5.59. The van der Waals surface area contributed by atoms with Crippen molar-refractivity contribution in [2.75, 3.05) is 32.7 Å². The standard InChI is InChI=1S/C17H27N5O3S/c1-10(2)9-22-15(23)13-12(18-17(22)25)14(26-19-13)16(24)21-7-5-20(6-8-21)11(3)4/h10-11,13,19H,5-9H2,1-4H3,(H,18,25). The number of imide groups is 1. The van der Waals surface area contributed by atoms with Gasteiger partial charge in [0, 0.05) is 38.8 Å². The van der Waals surface area contributed by atoms with E-state index in [2.05, 4.69) is 28.8 Å². The van der Waals surface area contributed by atoms with Gasteiger partial charge in [0.15, 0.2) is 0 Å². The lowest BCUT2D eigenvalue weighted by Crippen LogP contribution is -2.58. The van der Waals surface area contributed by atoms with Gasteiger partial charge in [-0.15, -0.1) is 0 Å². The molecule has 0 aromatic rings. The molecule has 2 N–H and O–H groups in total. The van der Waals surface area contributed by atoms with Gasteiger partial charge in [0.05, 0.1) is 5.70 Å². The summed E-state index contributed by atoms with van der Waals surface area (Å²) in [6, 6.07) is -0.648. The molecule has 144 valence electrons. The Morgan fingerprint density at radius 2 is 1.81 bits per heavy atom. The summed E-state index contributed by atoms with van der Waals surface area (Å²) in [4.78, 5) is 43.7. The van der Waals surface area contributed by atoms with Crippen LogP contribution in [0, 0.1) is 5.92 Å². The van der Waals surface area contributed by atoms with Crippen LogP contribution in [0.15, 0.2) is 10.6 Å². The zero-order valence-electron chi connectivity index (χ0n) is 15.7. The zero-order chi connectivity index (χ0) is 19.0. The molecule has 0 bridgehead atoms. The van der Waals surface area contributed by atoms with Crippen molar-refractivity contribution in [1.82, 2.24) is 24.7 Å². The Bertz CT molecular complexity index is 640. The summed E-state index contributed by atoms with van der Waals surface area (Å²) in [5.41, 5.74) is 0.404. The topological polar surface area (TPSA) is 85.0 Å². The Labute approximate surface area is 158 Å². The van der Waals surface area contributed by atoms with Gasteiger partial charge in [0.2, 0.25) is 0 Å². The molecule has 0 aliphatic carbocycles. The smallest absolute Gasteiger partial charge is 0.328 e. The summed E-state index contributed by atoms with van der Waals surface area (Å²) >= 11 is 1.15. The Hall–Kier alpha value is -1.58. The first-order chi connectivity index (χ1) is 12.3. The number of urea groups is 1. The third-order valence-electron chi connectivity index (χ3n) is 4.89. The largest absolute Gasteiger partial charge is 0.336 e. The predicted molar refractivity (Wildman–Crippen MR) is 99.9 cm³/mol. The van der Waals surface area contributed by atoms with Gasteiger partial charge in [-0.1, -0.05) is 13.8 Å². The molecule has 3 aliphatic heterocycles. The number of carbonyl (C=O) groups is 3. The fourth-order valence-electron chi connectivity index (χ4n) is 3.39. The number of hydrogen-bond acceptors (Lipinski definition) is 6. The number of carbonyl (C=O) groups excluding carboxylic acids is 3. The third-order valence-corrected chi connectivity index (χ3v) is 5.84. The summed E-state index contributed by atoms with van der Waals surface area (Å²) in [5.74, 6) is -0.228. The van der Waals surface area contributed by atoms with Crippen molar-refractivity contribution in [2.45, 2.75) is 39.8 Å². The average Bonchev–Trinajstić information content (AvgIpc) is 3.01. The minimum atomic E-state index is -0.660. The predicted octanol–water partition coefficient (Wildman–Crippen LogP) is 0.578. The second kappa shape index (κ2) is 7.58. The van der Waals surface area contributed by atoms with Crippen molar-refractivity contribution in [3.8, 4) is 0 Å². The molecule has 0 spiro atoms. The molecule has 0 radical (unpaired) electrons. The number of nitrogens with one attached hydrogen (secondary N) is 2. The zero-order valence-corrected chi connectivity index (χ0v) is 16.6. The van der Waals surface area contributed by atoms with Crippen LogP contribution in [0.2, 0.25) is 0 Å². The Morgan fingerprint density at radius 3 is 2.38 bits per heavy atom. The van der Waals surface area contributed by atoms with Crippen LogP contribution in [0.4, 0.5) is 4.79 Å². The van der Waals surface area contributed by atoms with E-state index >= 15 is 0 Å². The number of amides is 4. The maximum absolute atomic E-state index is 12.9. The number of nitrogens with zero attached hydrogens (tertiary/aromatic N) is 3. The minimum Gasteiger partial charge on any atom is -0.336 e. The van der Waals surface area contributed by atoms with Crippen molar-refractivity contribution >= 4 is 29.8 Å².